The third-order valence-corrected chi connectivity index (χ3v) is 1.77. The average molecular weight is 237 g/mol. The number of nitrogens with zero attached hydrogens (tertiary/aromatic N) is 1. The van der Waals surface area contributed by atoms with Crippen molar-refractivity contribution >= 4 is 4.29 Å². The molecule has 44 valence electrons. The first-order chi connectivity index (χ1) is 3.79. The van der Waals surface area contributed by atoms with E-state index in [2.05, 4.69) is 4.98 Å². The smallest absolute Gasteiger partial charge is 1.00 e. The standard InChI is InChI=1S/C6H6N.BrH.Zn/c1-6-4-2-3-5-7-6;;/h2-4H,1H3;1H;/q;;+1/p-1. The van der Waals surface area contributed by atoms with Crippen molar-refractivity contribution in [3.63, 3.8) is 0 Å². The fourth-order valence-corrected chi connectivity index (χ4v) is 1.41. The second-order valence-electron chi connectivity index (χ2n) is 1.77. The molecule has 0 aliphatic carbocycles. The summed E-state index contributed by atoms with van der Waals surface area (Å²) in [4.78, 5) is 4.23. The average Bonchev–Trinajstić information content (AvgIpc) is 1.64. The molecule has 1 rings (SSSR count). The van der Waals surface area contributed by atoms with Crippen LogP contribution in [0.5, 0.6) is 0 Å². The molecule has 9 heavy (non-hydrogen) atoms. The van der Waals surface area contributed by atoms with Crippen molar-refractivity contribution in [3.8, 4) is 0 Å². The van der Waals surface area contributed by atoms with Gasteiger partial charge in [0.2, 0.25) is 0 Å². The molecule has 1 aromatic rings. The zero-order valence-corrected chi connectivity index (χ0v) is 9.82. The first-order valence-corrected chi connectivity index (χ1v) is 4.03. The monoisotopic (exact) mass is 235 g/mol. The van der Waals surface area contributed by atoms with Crippen LogP contribution >= 0.6 is 0 Å². The van der Waals surface area contributed by atoms with Crippen LogP contribution < -0.4 is 21.3 Å². The SMILES string of the molecule is Cc1ccc[c]([Zn+])n1.[Br-]. The molecule has 0 spiro atoms. The van der Waals surface area contributed by atoms with Gasteiger partial charge in [0, 0.05) is 0 Å². The van der Waals surface area contributed by atoms with Gasteiger partial charge in [-0.05, 0) is 0 Å². The largest absolute Gasteiger partial charge is 1.00 e. The molecule has 0 atom stereocenters. The molecule has 0 amide bonds. The minimum Gasteiger partial charge on any atom is -1.00 e. The minimum absolute atomic E-state index is 0. The predicted molar refractivity (Wildman–Crippen MR) is 28.6 cm³/mol. The van der Waals surface area contributed by atoms with E-state index in [1.165, 1.54) is 4.29 Å². The second-order valence-corrected chi connectivity index (χ2v) is 3.29. The Kier molecular flexibility index (Phi) is 4.25. The Morgan fingerprint density at radius 2 is 2.11 bits per heavy atom. The maximum Gasteiger partial charge on any atom is -1.00 e. The Labute approximate surface area is 75.3 Å². The molecule has 1 nitrogen and oxygen atoms in total. The molecular formula is C6H6BrNZn. The maximum absolute atomic E-state index is 4.23. The summed E-state index contributed by atoms with van der Waals surface area (Å²) in [6.07, 6.45) is 0. The minimum atomic E-state index is 0. The van der Waals surface area contributed by atoms with Crippen molar-refractivity contribution in [2.24, 2.45) is 0 Å². The van der Waals surface area contributed by atoms with Crippen molar-refractivity contribution in [1.82, 2.24) is 4.98 Å². The summed E-state index contributed by atoms with van der Waals surface area (Å²) < 4.78 is 1.21. The summed E-state index contributed by atoms with van der Waals surface area (Å²) in [5.41, 5.74) is 1.12. The number of hydrogen-bond donors (Lipinski definition) is 0. The summed E-state index contributed by atoms with van der Waals surface area (Å²) in [5.74, 6) is 0. The van der Waals surface area contributed by atoms with Gasteiger partial charge in [-0.3, -0.25) is 0 Å². The number of aromatic nitrogens is 1. The Bertz CT molecular complexity index is 173. The molecule has 0 N–H and O–H groups in total. The molecule has 1 heterocycles. The van der Waals surface area contributed by atoms with Crippen molar-refractivity contribution < 1.29 is 35.3 Å². The topological polar surface area (TPSA) is 12.9 Å². The molecule has 0 unspecified atom stereocenters. The van der Waals surface area contributed by atoms with E-state index in [0.29, 0.717) is 0 Å². The third kappa shape index (κ3) is 3.07. The molecule has 0 aliphatic heterocycles. The Morgan fingerprint density at radius 1 is 1.44 bits per heavy atom. The summed E-state index contributed by atoms with van der Waals surface area (Å²) in [6.45, 7) is 2.01. The molecule has 0 aromatic carbocycles. The van der Waals surface area contributed by atoms with Gasteiger partial charge < -0.3 is 17.0 Å². The van der Waals surface area contributed by atoms with Crippen LogP contribution in [-0.4, -0.2) is 4.98 Å². The van der Waals surface area contributed by atoms with Gasteiger partial charge in [-0.2, -0.15) is 0 Å². The van der Waals surface area contributed by atoms with Gasteiger partial charge in [-0.15, -0.1) is 0 Å². The Hall–Kier alpha value is 0.253. The van der Waals surface area contributed by atoms with Crippen molar-refractivity contribution in [1.29, 1.82) is 0 Å². The zero-order chi connectivity index (χ0) is 5.98. The zero-order valence-electron chi connectivity index (χ0n) is 5.26. The van der Waals surface area contributed by atoms with Gasteiger partial charge in [-0.25, -0.2) is 0 Å². The number of rotatable bonds is 0. The maximum atomic E-state index is 4.23. The molecule has 0 aliphatic rings. The van der Waals surface area contributed by atoms with Crippen molar-refractivity contribution in [3.05, 3.63) is 23.9 Å². The fraction of sp³-hybridized carbons (Fsp3) is 0.167. The van der Waals surface area contributed by atoms with E-state index in [9.17, 15) is 0 Å². The third-order valence-electron chi connectivity index (χ3n) is 0.946. The summed E-state index contributed by atoms with van der Waals surface area (Å²) >= 11 is 1.15. The van der Waals surface area contributed by atoms with E-state index in [0.717, 1.165) is 24.0 Å². The molecule has 3 heteroatoms. The van der Waals surface area contributed by atoms with E-state index < -0.39 is 0 Å². The van der Waals surface area contributed by atoms with Gasteiger partial charge in [0.25, 0.3) is 0 Å². The van der Waals surface area contributed by atoms with Gasteiger partial charge in [0.15, 0.2) is 0 Å². The first-order valence-electron chi connectivity index (χ1n) is 2.54. The number of hydrogen-bond acceptors (Lipinski definition) is 1. The number of pyridine rings is 1. The Balaban J connectivity index is 0.000000640. The summed E-state index contributed by atoms with van der Waals surface area (Å²) in [6, 6.07) is 6.10. The van der Waals surface area contributed by atoms with Gasteiger partial charge >= 0.3 is 58.4 Å². The van der Waals surface area contributed by atoms with Crippen LogP contribution in [-0.2, 0) is 18.3 Å². The quantitative estimate of drug-likeness (QED) is 0.457. The normalized spacial score (nSPS) is 8.33. The van der Waals surface area contributed by atoms with Crippen molar-refractivity contribution in [2.75, 3.05) is 0 Å². The van der Waals surface area contributed by atoms with Crippen LogP contribution in [0.1, 0.15) is 5.69 Å². The predicted octanol–water partition coefficient (Wildman–Crippen LogP) is -2.43. The Morgan fingerprint density at radius 3 is 2.44 bits per heavy atom. The van der Waals surface area contributed by atoms with E-state index in [1.807, 2.05) is 25.1 Å². The molecule has 0 fully saturated rings. The van der Waals surface area contributed by atoms with Crippen LogP contribution in [0.2, 0.25) is 0 Å². The second kappa shape index (κ2) is 4.13. The fourth-order valence-electron chi connectivity index (χ4n) is 0.599. The summed E-state index contributed by atoms with van der Waals surface area (Å²) in [7, 11) is 0. The van der Waals surface area contributed by atoms with Gasteiger partial charge in [-0.1, -0.05) is 0 Å². The number of halogens is 1. The molecule has 0 saturated heterocycles. The van der Waals surface area contributed by atoms with E-state index in [-0.39, 0.29) is 17.0 Å². The van der Waals surface area contributed by atoms with Crippen LogP contribution in [0.25, 0.3) is 0 Å². The molecule has 1 aromatic heterocycles. The van der Waals surface area contributed by atoms with Gasteiger partial charge in [0.1, 0.15) is 0 Å². The molecule has 0 bridgehead atoms. The van der Waals surface area contributed by atoms with Crippen LogP contribution in [0, 0.1) is 6.92 Å². The molecule has 0 radical (unpaired) electrons. The number of aryl methyl sites for hydroxylation is 1. The first kappa shape index (κ1) is 9.25. The molecular weight excluding hydrogens is 231 g/mol. The van der Waals surface area contributed by atoms with Crippen LogP contribution in [0.4, 0.5) is 0 Å². The molecule has 0 saturated carbocycles. The van der Waals surface area contributed by atoms with Crippen LogP contribution in [0.3, 0.4) is 0 Å². The van der Waals surface area contributed by atoms with E-state index >= 15 is 0 Å². The summed E-state index contributed by atoms with van der Waals surface area (Å²) in [5, 5.41) is 0. The van der Waals surface area contributed by atoms with Crippen LogP contribution in [0.15, 0.2) is 18.2 Å². The van der Waals surface area contributed by atoms with E-state index in [4.69, 9.17) is 0 Å². The van der Waals surface area contributed by atoms with Gasteiger partial charge in [0.05, 0.1) is 0 Å². The van der Waals surface area contributed by atoms with E-state index in [1.54, 1.807) is 0 Å². The van der Waals surface area contributed by atoms with Crippen molar-refractivity contribution in [2.45, 2.75) is 6.92 Å².